The SMILES string of the molecule is COC(=O)/C(C)=C/Nc1cc([N+](=O)[O-])ccc1Br. The smallest absolute Gasteiger partial charge is 0.334 e. The molecule has 0 atom stereocenters. The molecular weight excluding hydrogens is 304 g/mol. The van der Waals surface area contributed by atoms with E-state index in [4.69, 9.17) is 0 Å². The topological polar surface area (TPSA) is 81.5 Å². The normalized spacial score (nSPS) is 10.9. The highest BCUT2D eigenvalue weighted by Crippen LogP contribution is 2.27. The number of non-ortho nitro benzene ring substituents is 1. The number of nitrogens with zero attached hydrogens (tertiary/aromatic N) is 1. The predicted octanol–water partition coefficient (Wildman–Crippen LogP) is 2.85. The highest BCUT2D eigenvalue weighted by atomic mass is 79.9. The van der Waals surface area contributed by atoms with Gasteiger partial charge in [0.05, 0.1) is 23.3 Å². The first-order valence-corrected chi connectivity index (χ1v) is 5.70. The zero-order valence-corrected chi connectivity index (χ0v) is 11.4. The third-order valence-corrected chi connectivity index (χ3v) is 2.80. The Bertz CT molecular complexity index is 514. The fraction of sp³-hybridized carbons (Fsp3) is 0.182. The van der Waals surface area contributed by atoms with Crippen LogP contribution < -0.4 is 5.32 Å². The number of nitrogens with one attached hydrogen (secondary N) is 1. The van der Waals surface area contributed by atoms with Crippen LogP contribution in [0, 0.1) is 10.1 Å². The quantitative estimate of drug-likeness (QED) is 0.400. The number of benzene rings is 1. The van der Waals surface area contributed by atoms with Crippen LogP contribution in [0.5, 0.6) is 0 Å². The van der Waals surface area contributed by atoms with Crippen molar-refractivity contribution in [3.05, 3.63) is 44.6 Å². The summed E-state index contributed by atoms with van der Waals surface area (Å²) in [6, 6.07) is 4.30. The van der Waals surface area contributed by atoms with E-state index in [1.165, 1.54) is 25.4 Å². The number of methoxy groups -OCH3 is 1. The molecule has 0 aliphatic carbocycles. The van der Waals surface area contributed by atoms with Gasteiger partial charge in [0.1, 0.15) is 0 Å². The van der Waals surface area contributed by atoms with Crippen molar-refractivity contribution in [3.8, 4) is 0 Å². The number of rotatable bonds is 4. The summed E-state index contributed by atoms with van der Waals surface area (Å²) >= 11 is 3.25. The van der Waals surface area contributed by atoms with E-state index >= 15 is 0 Å². The van der Waals surface area contributed by atoms with Crippen LogP contribution in [0.1, 0.15) is 6.92 Å². The molecule has 0 unspecified atom stereocenters. The van der Waals surface area contributed by atoms with Gasteiger partial charge in [-0.3, -0.25) is 10.1 Å². The van der Waals surface area contributed by atoms with E-state index in [1.54, 1.807) is 13.0 Å². The molecule has 1 aromatic carbocycles. The van der Waals surface area contributed by atoms with Gasteiger partial charge in [-0.25, -0.2) is 4.79 Å². The second-order valence-electron chi connectivity index (χ2n) is 3.38. The van der Waals surface area contributed by atoms with Crippen molar-refractivity contribution in [1.29, 1.82) is 0 Å². The molecule has 1 aromatic rings. The van der Waals surface area contributed by atoms with Crippen LogP contribution in [0.4, 0.5) is 11.4 Å². The molecule has 0 radical (unpaired) electrons. The summed E-state index contributed by atoms with van der Waals surface area (Å²) in [7, 11) is 1.28. The van der Waals surface area contributed by atoms with Crippen LogP contribution >= 0.6 is 15.9 Å². The molecule has 6 nitrogen and oxygen atoms in total. The molecule has 1 N–H and O–H groups in total. The van der Waals surface area contributed by atoms with Crippen LogP contribution in [-0.2, 0) is 9.53 Å². The minimum Gasteiger partial charge on any atom is -0.466 e. The minimum atomic E-state index is -0.492. The number of carbonyl (C=O) groups excluding carboxylic acids is 1. The van der Waals surface area contributed by atoms with Gasteiger partial charge in [0.2, 0.25) is 0 Å². The molecule has 0 aromatic heterocycles. The van der Waals surface area contributed by atoms with E-state index in [9.17, 15) is 14.9 Å². The molecule has 18 heavy (non-hydrogen) atoms. The largest absolute Gasteiger partial charge is 0.466 e. The fourth-order valence-corrected chi connectivity index (χ4v) is 1.50. The van der Waals surface area contributed by atoms with Crippen LogP contribution in [0.2, 0.25) is 0 Å². The number of nitro groups is 1. The van der Waals surface area contributed by atoms with E-state index in [1.807, 2.05) is 0 Å². The molecule has 0 aliphatic rings. The van der Waals surface area contributed by atoms with E-state index in [0.717, 1.165) is 0 Å². The fourth-order valence-electron chi connectivity index (χ4n) is 1.14. The summed E-state index contributed by atoms with van der Waals surface area (Å²) < 4.78 is 5.18. The van der Waals surface area contributed by atoms with Gasteiger partial charge in [0.15, 0.2) is 0 Å². The van der Waals surface area contributed by atoms with Gasteiger partial charge in [-0.2, -0.15) is 0 Å². The molecule has 0 spiro atoms. The van der Waals surface area contributed by atoms with Crippen molar-refractivity contribution in [3.63, 3.8) is 0 Å². The van der Waals surface area contributed by atoms with Crippen LogP contribution in [0.3, 0.4) is 0 Å². The van der Waals surface area contributed by atoms with Gasteiger partial charge in [0, 0.05) is 22.8 Å². The van der Waals surface area contributed by atoms with Crippen LogP contribution in [0.15, 0.2) is 34.4 Å². The van der Waals surface area contributed by atoms with E-state index < -0.39 is 10.9 Å². The van der Waals surface area contributed by atoms with Crippen molar-refractivity contribution >= 4 is 33.3 Å². The lowest BCUT2D eigenvalue weighted by molar-refractivity contribution is -0.384. The first-order valence-electron chi connectivity index (χ1n) is 4.91. The molecule has 0 fully saturated rings. The van der Waals surface area contributed by atoms with Crippen LogP contribution in [-0.4, -0.2) is 18.0 Å². The Morgan fingerprint density at radius 3 is 2.78 bits per heavy atom. The molecule has 0 aliphatic heterocycles. The first-order chi connectivity index (χ1) is 8.45. The highest BCUT2D eigenvalue weighted by Gasteiger charge is 2.09. The summed E-state index contributed by atoms with van der Waals surface area (Å²) in [5, 5.41) is 13.4. The summed E-state index contributed by atoms with van der Waals surface area (Å²) in [6.45, 7) is 1.57. The molecule has 0 saturated heterocycles. The number of esters is 1. The number of hydrogen-bond donors (Lipinski definition) is 1. The lowest BCUT2D eigenvalue weighted by atomic mass is 10.2. The van der Waals surface area contributed by atoms with Crippen molar-refractivity contribution in [1.82, 2.24) is 0 Å². The maximum Gasteiger partial charge on any atom is 0.334 e. The molecule has 0 saturated carbocycles. The standard InChI is InChI=1S/C11H11BrN2O4/c1-7(11(15)18-2)6-13-10-5-8(14(16)17)3-4-9(10)12/h3-6,13H,1-2H3/b7-6+. The molecule has 0 amide bonds. The van der Waals surface area contributed by atoms with Gasteiger partial charge in [0.25, 0.3) is 5.69 Å². The van der Waals surface area contributed by atoms with Crippen molar-refractivity contribution in [2.75, 3.05) is 12.4 Å². The van der Waals surface area contributed by atoms with Gasteiger partial charge in [-0.05, 0) is 28.9 Å². The Morgan fingerprint density at radius 2 is 2.22 bits per heavy atom. The van der Waals surface area contributed by atoms with Crippen molar-refractivity contribution in [2.45, 2.75) is 6.92 Å². The Kier molecular flexibility index (Phi) is 4.85. The summed E-state index contributed by atoms with van der Waals surface area (Å²) in [6.07, 6.45) is 1.43. The Hall–Kier alpha value is -1.89. The summed E-state index contributed by atoms with van der Waals surface area (Å²) in [5.74, 6) is -0.468. The van der Waals surface area contributed by atoms with Crippen molar-refractivity contribution < 1.29 is 14.5 Å². The average molecular weight is 315 g/mol. The molecule has 96 valence electrons. The number of halogens is 1. The minimum absolute atomic E-state index is 0.0372. The maximum absolute atomic E-state index is 11.1. The third kappa shape index (κ3) is 3.56. The summed E-state index contributed by atoms with van der Waals surface area (Å²) in [5.41, 5.74) is 0.813. The number of carbonyl (C=O) groups is 1. The van der Waals surface area contributed by atoms with Gasteiger partial charge >= 0.3 is 5.97 Å². The predicted molar refractivity (Wildman–Crippen MR) is 70.2 cm³/mol. The molecule has 1 rings (SSSR count). The van der Waals surface area contributed by atoms with Crippen LogP contribution in [0.25, 0.3) is 0 Å². The monoisotopic (exact) mass is 314 g/mol. The zero-order chi connectivity index (χ0) is 13.7. The lowest BCUT2D eigenvalue weighted by Crippen LogP contribution is -2.04. The second kappa shape index (κ2) is 6.15. The van der Waals surface area contributed by atoms with Gasteiger partial charge in [-0.1, -0.05) is 0 Å². The van der Waals surface area contributed by atoms with E-state index in [0.29, 0.717) is 15.7 Å². The van der Waals surface area contributed by atoms with Gasteiger partial charge in [-0.15, -0.1) is 0 Å². The Morgan fingerprint density at radius 1 is 1.56 bits per heavy atom. The molecule has 7 heteroatoms. The first kappa shape index (κ1) is 14.2. The van der Waals surface area contributed by atoms with E-state index in [-0.39, 0.29) is 5.69 Å². The zero-order valence-electron chi connectivity index (χ0n) is 9.77. The number of anilines is 1. The average Bonchev–Trinajstić information content (AvgIpc) is 2.36. The second-order valence-corrected chi connectivity index (χ2v) is 4.24. The maximum atomic E-state index is 11.1. The Balaban J connectivity index is 2.94. The summed E-state index contributed by atoms with van der Waals surface area (Å²) in [4.78, 5) is 21.3. The number of ether oxygens (including phenoxy) is 1. The molecule has 0 heterocycles. The third-order valence-electron chi connectivity index (χ3n) is 2.11. The lowest BCUT2D eigenvalue weighted by Gasteiger charge is -2.05. The Labute approximate surface area is 112 Å². The number of nitro benzene ring substituents is 1. The molecule has 0 bridgehead atoms. The number of hydrogen-bond acceptors (Lipinski definition) is 5. The van der Waals surface area contributed by atoms with E-state index in [2.05, 4.69) is 26.0 Å². The highest BCUT2D eigenvalue weighted by molar-refractivity contribution is 9.10. The van der Waals surface area contributed by atoms with Gasteiger partial charge < -0.3 is 10.1 Å². The van der Waals surface area contributed by atoms with Crippen molar-refractivity contribution in [2.24, 2.45) is 0 Å². The molecular formula is C11H11BrN2O4.